The monoisotopic (exact) mass is 253 g/mol. The Bertz CT molecular complexity index is 535. The van der Waals surface area contributed by atoms with Crippen LogP contribution in [0, 0.1) is 0 Å². The van der Waals surface area contributed by atoms with E-state index in [1.165, 1.54) is 11.6 Å². The number of nitrogens with zero attached hydrogens (tertiary/aromatic N) is 3. The maximum absolute atomic E-state index is 11.6. The first-order valence-corrected chi connectivity index (χ1v) is 5.32. The molecule has 0 saturated carbocycles. The molecule has 0 fully saturated rings. The lowest BCUT2D eigenvalue weighted by atomic mass is 10.2. The Balaban J connectivity index is 2.12. The number of oxime groups is 1. The highest BCUT2D eigenvalue weighted by atomic mass is 32.1. The average molecular weight is 253 g/mol. The van der Waals surface area contributed by atoms with E-state index in [-0.39, 0.29) is 16.5 Å². The van der Waals surface area contributed by atoms with E-state index in [0.717, 1.165) is 11.3 Å². The molecule has 1 aromatic heterocycles. The summed E-state index contributed by atoms with van der Waals surface area (Å²) in [6, 6.07) is -0.768. The molecule has 2 rings (SSSR count). The Morgan fingerprint density at radius 2 is 2.41 bits per heavy atom. The molecular formula is C8H7N5O3S. The molecule has 0 aromatic carbocycles. The van der Waals surface area contributed by atoms with Gasteiger partial charge in [0, 0.05) is 11.6 Å². The summed E-state index contributed by atoms with van der Waals surface area (Å²) in [6.45, 7) is 0. The van der Waals surface area contributed by atoms with Gasteiger partial charge < -0.3 is 16.3 Å². The molecule has 8 nitrogen and oxygen atoms in total. The van der Waals surface area contributed by atoms with Gasteiger partial charge >= 0.3 is 0 Å². The zero-order chi connectivity index (χ0) is 12.4. The molecule has 1 unspecified atom stereocenters. The average Bonchev–Trinajstić information content (AvgIpc) is 2.71. The van der Waals surface area contributed by atoms with Gasteiger partial charge in [-0.25, -0.2) is 9.98 Å². The highest BCUT2D eigenvalue weighted by Gasteiger charge is 2.28. The minimum absolute atomic E-state index is 0.149. The quantitative estimate of drug-likeness (QED) is 0.361. The maximum Gasteiger partial charge on any atom is 0.276 e. The minimum atomic E-state index is -0.768. The minimum Gasteiger partial charge on any atom is -0.410 e. The molecule has 1 aliphatic rings. The SMILES string of the molecule is Nc1nc(/C(=N/O)C(=O)NC2C=NC2=O)cs1. The van der Waals surface area contributed by atoms with E-state index in [0.29, 0.717) is 0 Å². The number of rotatable bonds is 3. The van der Waals surface area contributed by atoms with Crippen molar-refractivity contribution in [3.8, 4) is 0 Å². The third-order valence-electron chi connectivity index (χ3n) is 1.98. The number of hydrogen-bond acceptors (Lipinski definition) is 7. The largest absolute Gasteiger partial charge is 0.410 e. The van der Waals surface area contributed by atoms with Gasteiger partial charge in [-0.15, -0.1) is 11.3 Å². The molecule has 17 heavy (non-hydrogen) atoms. The molecule has 0 saturated heterocycles. The Hall–Kier alpha value is -2.29. The summed E-state index contributed by atoms with van der Waals surface area (Å²) < 4.78 is 0. The standard InChI is InChI=1S/C8H7N5O3S/c9-8-12-4(2-17-8)5(13-16)7(15)11-3-1-10-6(3)14/h1-3,16H,(H2,9,12)(H,11,15)/b13-5-. The number of nitrogens with one attached hydrogen (secondary N) is 1. The predicted octanol–water partition coefficient (Wildman–Crippen LogP) is -1.00. The number of aliphatic imine (C=N–C) groups is 1. The van der Waals surface area contributed by atoms with Crippen LogP contribution in [0.15, 0.2) is 15.5 Å². The maximum atomic E-state index is 11.6. The van der Waals surface area contributed by atoms with Crippen molar-refractivity contribution in [2.75, 3.05) is 5.73 Å². The molecule has 0 bridgehead atoms. The molecule has 2 heterocycles. The van der Waals surface area contributed by atoms with Gasteiger partial charge in [0.2, 0.25) is 0 Å². The molecule has 0 aliphatic carbocycles. The number of anilines is 1. The zero-order valence-corrected chi connectivity index (χ0v) is 9.14. The first-order chi connectivity index (χ1) is 8.11. The van der Waals surface area contributed by atoms with Crippen molar-refractivity contribution in [3.63, 3.8) is 0 Å². The van der Waals surface area contributed by atoms with Crippen molar-refractivity contribution in [1.29, 1.82) is 0 Å². The number of nitrogens with two attached hydrogens (primary N) is 1. The first-order valence-electron chi connectivity index (χ1n) is 4.44. The van der Waals surface area contributed by atoms with Crippen molar-refractivity contribution < 1.29 is 14.8 Å². The van der Waals surface area contributed by atoms with Crippen molar-refractivity contribution in [3.05, 3.63) is 11.1 Å². The Kier molecular flexibility index (Phi) is 2.83. The van der Waals surface area contributed by atoms with Gasteiger partial charge in [0.25, 0.3) is 11.8 Å². The Morgan fingerprint density at radius 3 is 2.82 bits per heavy atom. The summed E-state index contributed by atoms with van der Waals surface area (Å²) in [6.07, 6.45) is 1.28. The lowest BCUT2D eigenvalue weighted by Gasteiger charge is -2.15. The fourth-order valence-corrected chi connectivity index (χ4v) is 1.68. The van der Waals surface area contributed by atoms with Crippen LogP contribution < -0.4 is 11.1 Å². The smallest absolute Gasteiger partial charge is 0.276 e. The first kappa shape index (κ1) is 11.2. The lowest BCUT2D eigenvalue weighted by molar-refractivity contribution is -0.123. The Morgan fingerprint density at radius 1 is 1.65 bits per heavy atom. The molecule has 0 spiro atoms. The second-order valence-corrected chi connectivity index (χ2v) is 3.98. The highest BCUT2D eigenvalue weighted by Crippen LogP contribution is 2.12. The van der Waals surface area contributed by atoms with Crippen LogP contribution in [0.3, 0.4) is 0 Å². The number of amides is 2. The van der Waals surface area contributed by atoms with Crippen LogP contribution in [0.1, 0.15) is 5.69 Å². The van der Waals surface area contributed by atoms with Crippen LogP contribution >= 0.6 is 11.3 Å². The van der Waals surface area contributed by atoms with Gasteiger partial charge in [0.1, 0.15) is 11.7 Å². The van der Waals surface area contributed by atoms with Crippen molar-refractivity contribution in [2.24, 2.45) is 10.1 Å². The van der Waals surface area contributed by atoms with E-state index >= 15 is 0 Å². The molecule has 88 valence electrons. The number of nitrogen functional groups attached to an aromatic ring is 1. The van der Waals surface area contributed by atoms with E-state index in [1.807, 2.05) is 0 Å². The van der Waals surface area contributed by atoms with E-state index in [2.05, 4.69) is 20.4 Å². The van der Waals surface area contributed by atoms with E-state index < -0.39 is 17.9 Å². The topological polar surface area (TPSA) is 130 Å². The summed E-state index contributed by atoms with van der Waals surface area (Å²) in [5, 5.41) is 15.6. The summed E-state index contributed by atoms with van der Waals surface area (Å²) >= 11 is 1.11. The van der Waals surface area contributed by atoms with Crippen LogP contribution in [0.5, 0.6) is 0 Å². The lowest BCUT2D eigenvalue weighted by Crippen LogP contribution is -2.49. The van der Waals surface area contributed by atoms with Crippen molar-refractivity contribution in [1.82, 2.24) is 10.3 Å². The third-order valence-corrected chi connectivity index (χ3v) is 2.66. The van der Waals surface area contributed by atoms with Gasteiger partial charge in [0.15, 0.2) is 10.8 Å². The summed E-state index contributed by atoms with van der Waals surface area (Å²) in [4.78, 5) is 29.7. The molecular weight excluding hydrogens is 246 g/mol. The van der Waals surface area contributed by atoms with E-state index in [1.54, 1.807) is 0 Å². The van der Waals surface area contributed by atoms with Crippen LogP contribution in [0.4, 0.5) is 5.13 Å². The van der Waals surface area contributed by atoms with Gasteiger partial charge in [-0.3, -0.25) is 9.59 Å². The van der Waals surface area contributed by atoms with E-state index in [9.17, 15) is 9.59 Å². The molecule has 1 aromatic rings. The summed E-state index contributed by atoms with van der Waals surface area (Å²) in [5.74, 6) is -1.17. The van der Waals surface area contributed by atoms with Crippen LogP contribution in [0.2, 0.25) is 0 Å². The van der Waals surface area contributed by atoms with Gasteiger partial charge in [-0.05, 0) is 0 Å². The molecule has 9 heteroatoms. The number of hydrogen-bond donors (Lipinski definition) is 3. The van der Waals surface area contributed by atoms with Gasteiger partial charge in [-0.2, -0.15) is 0 Å². The third kappa shape index (κ3) is 2.13. The molecule has 1 atom stereocenters. The molecule has 0 radical (unpaired) electrons. The summed E-state index contributed by atoms with van der Waals surface area (Å²) in [5.41, 5.74) is 5.24. The molecule has 2 amide bonds. The van der Waals surface area contributed by atoms with Crippen LogP contribution in [-0.2, 0) is 9.59 Å². The second-order valence-electron chi connectivity index (χ2n) is 3.09. The normalized spacial score (nSPS) is 18.9. The fraction of sp³-hybridized carbons (Fsp3) is 0.125. The van der Waals surface area contributed by atoms with E-state index in [4.69, 9.17) is 10.9 Å². The molecule has 4 N–H and O–H groups in total. The second kappa shape index (κ2) is 4.29. The highest BCUT2D eigenvalue weighted by molar-refractivity contribution is 7.13. The van der Waals surface area contributed by atoms with Gasteiger partial charge in [-0.1, -0.05) is 5.16 Å². The predicted molar refractivity (Wildman–Crippen MR) is 60.3 cm³/mol. The number of thiazole rings is 1. The van der Waals surface area contributed by atoms with Crippen LogP contribution in [-0.4, -0.2) is 40.0 Å². The van der Waals surface area contributed by atoms with Crippen molar-refractivity contribution in [2.45, 2.75) is 6.04 Å². The number of aromatic nitrogens is 1. The number of carbonyl (C=O) groups is 2. The molecule has 1 aliphatic heterocycles. The summed E-state index contributed by atoms with van der Waals surface area (Å²) in [7, 11) is 0. The van der Waals surface area contributed by atoms with Crippen molar-refractivity contribution >= 4 is 40.2 Å². The fourth-order valence-electron chi connectivity index (χ4n) is 1.13. The van der Waals surface area contributed by atoms with Gasteiger partial charge in [0.05, 0.1) is 0 Å². The zero-order valence-electron chi connectivity index (χ0n) is 8.32. The Labute approximate surface area is 98.9 Å². The number of carbonyl (C=O) groups excluding carboxylic acids is 2. The van der Waals surface area contributed by atoms with Crippen LogP contribution in [0.25, 0.3) is 0 Å².